The molecule has 0 amide bonds. The molecular formula is C14H25NO. The van der Waals surface area contributed by atoms with Gasteiger partial charge in [0, 0.05) is 11.6 Å². The van der Waals surface area contributed by atoms with E-state index >= 15 is 0 Å². The van der Waals surface area contributed by atoms with Gasteiger partial charge in [-0.3, -0.25) is 0 Å². The Kier molecular flexibility index (Phi) is 5.07. The number of hydrogen-bond donors (Lipinski definition) is 1. The summed E-state index contributed by atoms with van der Waals surface area (Å²) in [5, 5.41) is 3.55. The van der Waals surface area contributed by atoms with Crippen LogP contribution in [0.25, 0.3) is 0 Å². The van der Waals surface area contributed by atoms with Crippen LogP contribution >= 0.6 is 0 Å². The van der Waals surface area contributed by atoms with Crippen LogP contribution in [0.1, 0.15) is 56.7 Å². The molecule has 1 N–H and O–H groups in total. The molecule has 2 nitrogen and oxygen atoms in total. The minimum absolute atomic E-state index is 0.393. The standard InChI is InChI=1S/C14H25NO/c1-10(2)7-6-8-15-12(4)14-9-11(3)16-13(14)5/h9-10,12,15H,6-8H2,1-5H3. The summed E-state index contributed by atoms with van der Waals surface area (Å²) in [4.78, 5) is 0. The summed E-state index contributed by atoms with van der Waals surface area (Å²) in [5.74, 6) is 2.85. The van der Waals surface area contributed by atoms with Gasteiger partial charge in [-0.1, -0.05) is 13.8 Å². The molecule has 1 atom stereocenters. The Labute approximate surface area is 99.4 Å². The number of rotatable bonds is 6. The van der Waals surface area contributed by atoms with Gasteiger partial charge in [-0.2, -0.15) is 0 Å². The number of furan rings is 1. The van der Waals surface area contributed by atoms with E-state index in [1.54, 1.807) is 0 Å². The van der Waals surface area contributed by atoms with Gasteiger partial charge in [0.25, 0.3) is 0 Å². The molecule has 1 rings (SSSR count). The van der Waals surface area contributed by atoms with E-state index in [-0.39, 0.29) is 0 Å². The van der Waals surface area contributed by atoms with Gasteiger partial charge in [-0.15, -0.1) is 0 Å². The Morgan fingerprint density at radius 2 is 1.94 bits per heavy atom. The van der Waals surface area contributed by atoms with Crippen LogP contribution < -0.4 is 5.32 Å². The summed E-state index contributed by atoms with van der Waals surface area (Å²) in [5.41, 5.74) is 1.29. The highest BCUT2D eigenvalue weighted by atomic mass is 16.3. The third kappa shape index (κ3) is 4.01. The maximum Gasteiger partial charge on any atom is 0.105 e. The molecule has 16 heavy (non-hydrogen) atoms. The molecule has 0 aliphatic heterocycles. The first-order chi connectivity index (χ1) is 7.50. The van der Waals surface area contributed by atoms with Gasteiger partial charge < -0.3 is 9.73 Å². The van der Waals surface area contributed by atoms with E-state index in [0.29, 0.717) is 6.04 Å². The average molecular weight is 223 g/mol. The SMILES string of the molecule is Cc1cc(C(C)NCCCC(C)C)c(C)o1. The topological polar surface area (TPSA) is 25.2 Å². The van der Waals surface area contributed by atoms with E-state index in [1.807, 2.05) is 13.8 Å². The first kappa shape index (κ1) is 13.3. The Hall–Kier alpha value is -0.760. The van der Waals surface area contributed by atoms with Gasteiger partial charge in [-0.05, 0) is 52.1 Å². The summed E-state index contributed by atoms with van der Waals surface area (Å²) in [7, 11) is 0. The molecule has 1 aromatic rings. The fourth-order valence-corrected chi connectivity index (χ4v) is 2.02. The number of aryl methyl sites for hydroxylation is 2. The second kappa shape index (κ2) is 6.09. The Morgan fingerprint density at radius 3 is 2.44 bits per heavy atom. The maximum atomic E-state index is 5.54. The summed E-state index contributed by atoms with van der Waals surface area (Å²) < 4.78 is 5.54. The minimum atomic E-state index is 0.393. The molecule has 0 bridgehead atoms. The number of nitrogens with one attached hydrogen (secondary N) is 1. The zero-order valence-corrected chi connectivity index (χ0v) is 11.3. The fraction of sp³-hybridized carbons (Fsp3) is 0.714. The smallest absolute Gasteiger partial charge is 0.105 e. The average Bonchev–Trinajstić information content (AvgIpc) is 2.52. The molecule has 0 aromatic carbocycles. The normalized spacial score (nSPS) is 13.4. The molecule has 0 fully saturated rings. The molecule has 0 aliphatic rings. The Morgan fingerprint density at radius 1 is 1.25 bits per heavy atom. The van der Waals surface area contributed by atoms with Crippen molar-refractivity contribution in [3.63, 3.8) is 0 Å². The van der Waals surface area contributed by atoms with Crippen LogP contribution in [0.15, 0.2) is 10.5 Å². The van der Waals surface area contributed by atoms with Crippen LogP contribution in [-0.4, -0.2) is 6.54 Å². The van der Waals surface area contributed by atoms with Crippen LogP contribution in [0.4, 0.5) is 0 Å². The van der Waals surface area contributed by atoms with Gasteiger partial charge in [0.1, 0.15) is 11.5 Å². The van der Waals surface area contributed by atoms with E-state index < -0.39 is 0 Å². The second-order valence-corrected chi connectivity index (χ2v) is 5.08. The lowest BCUT2D eigenvalue weighted by molar-refractivity contribution is 0.477. The lowest BCUT2D eigenvalue weighted by Gasteiger charge is -2.13. The van der Waals surface area contributed by atoms with Crippen molar-refractivity contribution < 1.29 is 4.42 Å². The summed E-state index contributed by atoms with van der Waals surface area (Å²) in [6, 6.07) is 2.53. The third-order valence-electron chi connectivity index (χ3n) is 2.95. The third-order valence-corrected chi connectivity index (χ3v) is 2.95. The second-order valence-electron chi connectivity index (χ2n) is 5.08. The van der Waals surface area contributed by atoms with Crippen molar-refractivity contribution in [2.45, 2.75) is 53.5 Å². The van der Waals surface area contributed by atoms with Crippen molar-refractivity contribution >= 4 is 0 Å². The molecule has 0 saturated carbocycles. The highest BCUT2D eigenvalue weighted by molar-refractivity contribution is 5.23. The zero-order valence-electron chi connectivity index (χ0n) is 11.3. The summed E-state index contributed by atoms with van der Waals surface area (Å²) in [6.45, 7) is 11.9. The first-order valence-electron chi connectivity index (χ1n) is 6.31. The highest BCUT2D eigenvalue weighted by Crippen LogP contribution is 2.21. The van der Waals surface area contributed by atoms with Crippen molar-refractivity contribution in [1.82, 2.24) is 5.32 Å². The predicted molar refractivity (Wildman–Crippen MR) is 68.7 cm³/mol. The molecule has 1 aromatic heterocycles. The molecule has 0 saturated heterocycles. The number of hydrogen-bond acceptors (Lipinski definition) is 2. The van der Waals surface area contributed by atoms with Gasteiger partial charge in [-0.25, -0.2) is 0 Å². The molecule has 1 heterocycles. The predicted octanol–water partition coefficient (Wildman–Crippen LogP) is 3.98. The lowest BCUT2D eigenvalue weighted by atomic mass is 10.1. The molecular weight excluding hydrogens is 198 g/mol. The quantitative estimate of drug-likeness (QED) is 0.738. The molecule has 0 spiro atoms. The van der Waals surface area contributed by atoms with E-state index in [0.717, 1.165) is 24.0 Å². The lowest BCUT2D eigenvalue weighted by Crippen LogP contribution is -2.20. The Bertz CT molecular complexity index is 315. The fourth-order valence-electron chi connectivity index (χ4n) is 2.02. The van der Waals surface area contributed by atoms with Gasteiger partial charge in [0.05, 0.1) is 0 Å². The first-order valence-corrected chi connectivity index (χ1v) is 6.31. The van der Waals surface area contributed by atoms with Crippen molar-refractivity contribution in [1.29, 1.82) is 0 Å². The van der Waals surface area contributed by atoms with Crippen LogP contribution in [0.3, 0.4) is 0 Å². The molecule has 0 radical (unpaired) electrons. The van der Waals surface area contributed by atoms with Gasteiger partial charge in [0.2, 0.25) is 0 Å². The van der Waals surface area contributed by atoms with Gasteiger partial charge in [0.15, 0.2) is 0 Å². The molecule has 92 valence electrons. The largest absolute Gasteiger partial charge is 0.466 e. The van der Waals surface area contributed by atoms with Crippen LogP contribution in [0.5, 0.6) is 0 Å². The molecule has 2 heteroatoms. The zero-order chi connectivity index (χ0) is 12.1. The van der Waals surface area contributed by atoms with Crippen molar-refractivity contribution in [3.05, 3.63) is 23.2 Å². The summed E-state index contributed by atoms with van der Waals surface area (Å²) in [6.07, 6.45) is 2.54. The maximum absolute atomic E-state index is 5.54. The molecule has 1 unspecified atom stereocenters. The van der Waals surface area contributed by atoms with Crippen molar-refractivity contribution in [2.24, 2.45) is 5.92 Å². The minimum Gasteiger partial charge on any atom is -0.466 e. The highest BCUT2D eigenvalue weighted by Gasteiger charge is 2.11. The van der Waals surface area contributed by atoms with Crippen LogP contribution in [-0.2, 0) is 0 Å². The van der Waals surface area contributed by atoms with E-state index in [1.165, 1.54) is 18.4 Å². The van der Waals surface area contributed by atoms with Gasteiger partial charge >= 0.3 is 0 Å². The van der Waals surface area contributed by atoms with E-state index in [9.17, 15) is 0 Å². The summed E-state index contributed by atoms with van der Waals surface area (Å²) >= 11 is 0. The van der Waals surface area contributed by atoms with E-state index in [4.69, 9.17) is 4.42 Å². The van der Waals surface area contributed by atoms with E-state index in [2.05, 4.69) is 32.2 Å². The Balaban J connectivity index is 2.35. The van der Waals surface area contributed by atoms with Crippen LogP contribution in [0, 0.1) is 19.8 Å². The van der Waals surface area contributed by atoms with Crippen molar-refractivity contribution in [3.8, 4) is 0 Å². The van der Waals surface area contributed by atoms with Crippen molar-refractivity contribution in [2.75, 3.05) is 6.54 Å². The van der Waals surface area contributed by atoms with Crippen LogP contribution in [0.2, 0.25) is 0 Å². The monoisotopic (exact) mass is 223 g/mol. The molecule has 0 aliphatic carbocycles.